The lowest BCUT2D eigenvalue weighted by atomic mass is 10.1. The Kier molecular flexibility index (Phi) is 7.14. The van der Waals surface area contributed by atoms with Crippen LogP contribution in [0.25, 0.3) is 0 Å². The van der Waals surface area contributed by atoms with Gasteiger partial charge in [-0.2, -0.15) is 0 Å². The summed E-state index contributed by atoms with van der Waals surface area (Å²) in [6.45, 7) is 0.869. The molecule has 0 aromatic heterocycles. The smallest absolute Gasteiger partial charge is 0.224 e. The van der Waals surface area contributed by atoms with Crippen LogP contribution in [0, 0.1) is 0 Å². The van der Waals surface area contributed by atoms with Crippen molar-refractivity contribution in [1.82, 2.24) is 5.32 Å². The second-order valence-electron chi connectivity index (χ2n) is 4.36. The molecule has 20 heavy (non-hydrogen) atoms. The second-order valence-corrected chi connectivity index (χ2v) is 4.79. The van der Waals surface area contributed by atoms with Crippen molar-refractivity contribution >= 4 is 23.1 Å². The highest BCUT2D eigenvalue weighted by Gasteiger charge is 2.09. The lowest BCUT2D eigenvalue weighted by Crippen LogP contribution is -2.36. The molecular formula is C14H20N2O3S. The molecule has 0 fully saturated rings. The van der Waals surface area contributed by atoms with Crippen LogP contribution < -0.4 is 11.1 Å². The van der Waals surface area contributed by atoms with Crippen LogP contribution >= 0.6 is 12.2 Å². The van der Waals surface area contributed by atoms with Crippen molar-refractivity contribution in [3.63, 3.8) is 0 Å². The maximum absolute atomic E-state index is 11.8. The molecule has 5 nitrogen and oxygen atoms in total. The van der Waals surface area contributed by atoms with E-state index in [-0.39, 0.29) is 12.0 Å². The van der Waals surface area contributed by atoms with Crippen LogP contribution in [0.4, 0.5) is 0 Å². The third-order valence-corrected chi connectivity index (χ3v) is 3.05. The van der Waals surface area contributed by atoms with E-state index >= 15 is 0 Å². The first-order valence-electron chi connectivity index (χ1n) is 6.24. The van der Waals surface area contributed by atoms with Gasteiger partial charge in [0.1, 0.15) is 4.99 Å². The molecule has 3 N–H and O–H groups in total. The zero-order valence-corrected chi connectivity index (χ0v) is 12.5. The number of ether oxygens (including phenoxy) is 2. The van der Waals surface area contributed by atoms with E-state index in [1.807, 2.05) is 24.3 Å². The van der Waals surface area contributed by atoms with Crippen molar-refractivity contribution in [3.8, 4) is 0 Å². The van der Waals surface area contributed by atoms with Gasteiger partial charge in [-0.3, -0.25) is 4.79 Å². The highest BCUT2D eigenvalue weighted by Crippen LogP contribution is 2.05. The topological polar surface area (TPSA) is 73.6 Å². The number of rotatable bonds is 8. The van der Waals surface area contributed by atoms with E-state index in [0.29, 0.717) is 24.6 Å². The summed E-state index contributed by atoms with van der Waals surface area (Å²) in [4.78, 5) is 12.1. The molecule has 6 heteroatoms. The van der Waals surface area contributed by atoms with Crippen LogP contribution in [0.15, 0.2) is 24.3 Å². The van der Waals surface area contributed by atoms with Crippen molar-refractivity contribution in [2.75, 3.05) is 27.4 Å². The molecule has 1 aromatic rings. The first-order valence-corrected chi connectivity index (χ1v) is 6.64. The maximum atomic E-state index is 11.8. The first-order chi connectivity index (χ1) is 9.56. The van der Waals surface area contributed by atoms with Gasteiger partial charge in [0, 0.05) is 26.3 Å². The Morgan fingerprint density at radius 1 is 1.35 bits per heavy atom. The summed E-state index contributed by atoms with van der Waals surface area (Å²) >= 11 is 4.87. The predicted octanol–water partition coefficient (Wildman–Crippen LogP) is 0.641. The molecule has 1 unspecified atom stereocenters. The molecule has 1 amide bonds. The first kappa shape index (κ1) is 16.6. The molecule has 0 aliphatic carbocycles. The van der Waals surface area contributed by atoms with Crippen LogP contribution in [-0.4, -0.2) is 44.4 Å². The predicted molar refractivity (Wildman–Crippen MR) is 81.7 cm³/mol. The van der Waals surface area contributed by atoms with E-state index in [2.05, 4.69) is 5.32 Å². The fourth-order valence-corrected chi connectivity index (χ4v) is 1.79. The highest BCUT2D eigenvalue weighted by atomic mass is 32.1. The number of hydrogen-bond acceptors (Lipinski definition) is 4. The van der Waals surface area contributed by atoms with Crippen molar-refractivity contribution in [2.24, 2.45) is 5.73 Å². The monoisotopic (exact) mass is 296 g/mol. The largest absolute Gasteiger partial charge is 0.389 e. The highest BCUT2D eigenvalue weighted by molar-refractivity contribution is 7.80. The number of nitrogens with two attached hydrogens (primary N) is 1. The van der Waals surface area contributed by atoms with E-state index in [9.17, 15) is 4.79 Å². The number of nitrogens with one attached hydrogen (secondary N) is 1. The minimum absolute atomic E-state index is 0.0637. The lowest BCUT2D eigenvalue weighted by molar-refractivity contribution is -0.121. The van der Waals surface area contributed by atoms with Crippen LogP contribution in [0.5, 0.6) is 0 Å². The zero-order chi connectivity index (χ0) is 15.0. The maximum Gasteiger partial charge on any atom is 0.224 e. The summed E-state index contributed by atoms with van der Waals surface area (Å²) in [5.74, 6) is -0.0637. The molecule has 1 aromatic carbocycles. The molecule has 1 rings (SSSR count). The minimum atomic E-state index is -0.138. The van der Waals surface area contributed by atoms with Crippen molar-refractivity contribution in [2.45, 2.75) is 12.5 Å². The van der Waals surface area contributed by atoms with Crippen LogP contribution in [0.3, 0.4) is 0 Å². The third kappa shape index (κ3) is 5.64. The van der Waals surface area contributed by atoms with Gasteiger partial charge in [0.25, 0.3) is 0 Å². The minimum Gasteiger partial charge on any atom is -0.389 e. The number of carbonyl (C=O) groups is 1. The van der Waals surface area contributed by atoms with E-state index < -0.39 is 0 Å². The van der Waals surface area contributed by atoms with E-state index in [0.717, 1.165) is 11.1 Å². The zero-order valence-electron chi connectivity index (χ0n) is 11.7. The van der Waals surface area contributed by atoms with E-state index in [1.165, 1.54) is 0 Å². The van der Waals surface area contributed by atoms with Crippen molar-refractivity contribution in [3.05, 3.63) is 35.4 Å². The van der Waals surface area contributed by atoms with Gasteiger partial charge in [-0.1, -0.05) is 36.5 Å². The van der Waals surface area contributed by atoms with Gasteiger partial charge in [-0.05, 0) is 5.56 Å². The Hall–Kier alpha value is -1.50. The van der Waals surface area contributed by atoms with Crippen LogP contribution in [0.1, 0.15) is 11.1 Å². The van der Waals surface area contributed by atoms with Crippen LogP contribution in [0.2, 0.25) is 0 Å². The molecule has 0 saturated carbocycles. The van der Waals surface area contributed by atoms with Gasteiger partial charge < -0.3 is 20.5 Å². The summed E-state index contributed by atoms with van der Waals surface area (Å²) in [5, 5.41) is 2.81. The Bertz CT molecular complexity index is 448. The molecule has 0 aliphatic heterocycles. The fourth-order valence-electron chi connectivity index (χ4n) is 1.66. The fraction of sp³-hybridized carbons (Fsp3) is 0.429. The summed E-state index contributed by atoms with van der Waals surface area (Å²) in [7, 11) is 3.18. The molecule has 0 heterocycles. The average molecular weight is 296 g/mol. The molecule has 0 spiro atoms. The van der Waals surface area contributed by atoms with Gasteiger partial charge in [0.05, 0.1) is 19.1 Å². The summed E-state index contributed by atoms with van der Waals surface area (Å²) in [6, 6.07) is 7.32. The SMILES string of the molecule is COCC(CNC(=O)Cc1ccc(C(N)=S)cc1)OC. The van der Waals surface area contributed by atoms with E-state index in [4.69, 9.17) is 27.4 Å². The Morgan fingerprint density at radius 3 is 2.50 bits per heavy atom. The van der Waals surface area contributed by atoms with Gasteiger partial charge in [-0.15, -0.1) is 0 Å². The quantitative estimate of drug-likeness (QED) is 0.689. The van der Waals surface area contributed by atoms with Gasteiger partial charge in [0.2, 0.25) is 5.91 Å². The molecule has 0 aliphatic rings. The summed E-state index contributed by atoms with van der Waals surface area (Å²) in [5.41, 5.74) is 7.22. The number of carbonyl (C=O) groups excluding carboxylic acids is 1. The third-order valence-electron chi connectivity index (χ3n) is 2.82. The molecular weight excluding hydrogens is 276 g/mol. The van der Waals surface area contributed by atoms with Gasteiger partial charge in [0.15, 0.2) is 0 Å². The number of methoxy groups -OCH3 is 2. The Morgan fingerprint density at radius 2 is 2.00 bits per heavy atom. The molecule has 0 radical (unpaired) electrons. The number of hydrogen-bond donors (Lipinski definition) is 2. The molecule has 0 saturated heterocycles. The number of benzene rings is 1. The molecule has 1 atom stereocenters. The molecule has 110 valence electrons. The summed E-state index contributed by atoms with van der Waals surface area (Å²) < 4.78 is 10.1. The van der Waals surface area contributed by atoms with Gasteiger partial charge >= 0.3 is 0 Å². The average Bonchev–Trinajstić information content (AvgIpc) is 2.44. The number of amides is 1. The Balaban J connectivity index is 2.43. The van der Waals surface area contributed by atoms with E-state index in [1.54, 1.807) is 14.2 Å². The second kappa shape index (κ2) is 8.63. The molecule has 0 bridgehead atoms. The summed E-state index contributed by atoms with van der Waals surface area (Å²) in [6.07, 6.45) is 0.169. The standard InChI is InChI=1S/C14H20N2O3S/c1-18-9-12(19-2)8-16-13(17)7-10-3-5-11(6-4-10)14(15)20/h3-6,12H,7-9H2,1-2H3,(H2,15,20)(H,16,17). The van der Waals surface area contributed by atoms with Crippen molar-refractivity contribution < 1.29 is 14.3 Å². The van der Waals surface area contributed by atoms with Crippen LogP contribution in [-0.2, 0) is 20.7 Å². The number of thiocarbonyl (C=S) groups is 1. The van der Waals surface area contributed by atoms with Gasteiger partial charge in [-0.25, -0.2) is 0 Å². The normalized spacial score (nSPS) is 11.9. The lowest BCUT2D eigenvalue weighted by Gasteiger charge is -2.15. The Labute approximate surface area is 124 Å². The van der Waals surface area contributed by atoms with Crippen molar-refractivity contribution in [1.29, 1.82) is 0 Å².